The third kappa shape index (κ3) is 10.4. The van der Waals surface area contributed by atoms with E-state index in [-0.39, 0.29) is 10.7 Å². The van der Waals surface area contributed by atoms with Crippen LogP contribution < -0.4 is 5.32 Å². The van der Waals surface area contributed by atoms with Gasteiger partial charge in [-0.25, -0.2) is 0 Å². The average molecular weight is 294 g/mol. The maximum absolute atomic E-state index is 11.4. The highest BCUT2D eigenvalue weighted by Crippen LogP contribution is 2.05. The van der Waals surface area contributed by atoms with E-state index in [4.69, 9.17) is 4.74 Å². The number of hydrogen-bond donors (Lipinski definition) is 1. The van der Waals surface area contributed by atoms with Crippen molar-refractivity contribution in [3.63, 3.8) is 0 Å². The zero-order valence-electron chi connectivity index (χ0n) is 10.4. The number of alkyl halides is 1. The van der Waals surface area contributed by atoms with Gasteiger partial charge < -0.3 is 10.1 Å². The van der Waals surface area contributed by atoms with Crippen LogP contribution in [0.2, 0.25) is 0 Å². The van der Waals surface area contributed by atoms with Gasteiger partial charge in [0.25, 0.3) is 0 Å². The first kappa shape index (κ1) is 15.9. The van der Waals surface area contributed by atoms with E-state index in [1.54, 1.807) is 7.11 Å². The van der Waals surface area contributed by atoms with Gasteiger partial charge in [-0.05, 0) is 6.42 Å². The average Bonchev–Trinajstić information content (AvgIpc) is 2.26. The minimum Gasteiger partial charge on any atom is -0.383 e. The smallest absolute Gasteiger partial charge is 0.220 e. The summed E-state index contributed by atoms with van der Waals surface area (Å²) in [4.78, 5) is 11.6. The Morgan fingerprint density at radius 1 is 1.31 bits per heavy atom. The molecule has 0 heterocycles. The zero-order valence-corrected chi connectivity index (χ0v) is 12.0. The molecule has 0 saturated carbocycles. The maximum atomic E-state index is 11.4. The van der Waals surface area contributed by atoms with Gasteiger partial charge in [-0.3, -0.25) is 4.79 Å². The van der Waals surface area contributed by atoms with E-state index in [1.807, 2.05) is 0 Å². The van der Waals surface area contributed by atoms with Crippen LogP contribution in [0.25, 0.3) is 0 Å². The molecule has 0 radical (unpaired) electrons. The van der Waals surface area contributed by atoms with Crippen molar-refractivity contribution in [2.45, 2.75) is 50.3 Å². The molecule has 1 unspecified atom stereocenters. The van der Waals surface area contributed by atoms with Crippen LogP contribution in [0.5, 0.6) is 0 Å². The van der Waals surface area contributed by atoms with Gasteiger partial charge in [0, 0.05) is 20.1 Å². The Labute approximate surface area is 107 Å². The highest BCUT2D eigenvalue weighted by Gasteiger charge is 2.06. The van der Waals surface area contributed by atoms with E-state index in [2.05, 4.69) is 28.2 Å². The molecule has 3 nitrogen and oxygen atoms in total. The van der Waals surface area contributed by atoms with Crippen LogP contribution in [0.3, 0.4) is 0 Å². The zero-order chi connectivity index (χ0) is 12.2. The molecule has 1 amide bonds. The minimum absolute atomic E-state index is 0.150. The summed E-state index contributed by atoms with van der Waals surface area (Å²) >= 11 is 3.43. The fourth-order valence-electron chi connectivity index (χ4n) is 1.44. The largest absolute Gasteiger partial charge is 0.383 e. The summed E-state index contributed by atoms with van der Waals surface area (Å²) in [5, 5.41) is 2.89. The second-order valence-electron chi connectivity index (χ2n) is 4.02. The van der Waals surface area contributed by atoms with Gasteiger partial charge in [0.15, 0.2) is 0 Å². The van der Waals surface area contributed by atoms with Crippen molar-refractivity contribution in [3.05, 3.63) is 0 Å². The van der Waals surface area contributed by atoms with Gasteiger partial charge in [-0.1, -0.05) is 48.5 Å². The van der Waals surface area contributed by atoms with E-state index in [0.29, 0.717) is 19.6 Å². The highest BCUT2D eigenvalue weighted by atomic mass is 79.9. The summed E-state index contributed by atoms with van der Waals surface area (Å²) in [5.74, 6) is 0.150. The molecular formula is C12H24BrNO2. The molecule has 1 atom stereocenters. The number of amides is 1. The third-order valence-corrected chi connectivity index (χ3v) is 2.96. The van der Waals surface area contributed by atoms with E-state index in [0.717, 1.165) is 12.8 Å². The Kier molecular flexibility index (Phi) is 11.3. The first-order valence-corrected chi connectivity index (χ1v) is 7.02. The number of carbonyl (C=O) groups is 1. The molecule has 0 aliphatic rings. The summed E-state index contributed by atoms with van der Waals surface area (Å²) in [6.45, 7) is 3.46. The predicted molar refractivity (Wildman–Crippen MR) is 71.0 cm³/mol. The number of halogens is 1. The van der Waals surface area contributed by atoms with Crippen LogP contribution >= 0.6 is 15.9 Å². The SMILES string of the molecule is CCCCCCCC(=O)NCC(Br)COC. The molecule has 1 N–H and O–H groups in total. The standard InChI is InChI=1S/C12H24BrNO2/c1-3-4-5-6-7-8-12(15)14-9-11(13)10-16-2/h11H,3-10H2,1-2H3,(H,14,15). The summed E-state index contributed by atoms with van der Waals surface area (Å²) in [6.07, 6.45) is 6.58. The molecule has 0 aromatic rings. The van der Waals surface area contributed by atoms with Crippen molar-refractivity contribution in [3.8, 4) is 0 Å². The first-order chi connectivity index (χ1) is 7.70. The molecule has 4 heteroatoms. The molecule has 0 bridgehead atoms. The van der Waals surface area contributed by atoms with Gasteiger partial charge in [0.05, 0.1) is 11.4 Å². The lowest BCUT2D eigenvalue weighted by atomic mass is 10.1. The number of nitrogens with one attached hydrogen (secondary N) is 1. The lowest BCUT2D eigenvalue weighted by Crippen LogP contribution is -2.31. The van der Waals surface area contributed by atoms with Crippen molar-refractivity contribution in [2.75, 3.05) is 20.3 Å². The van der Waals surface area contributed by atoms with E-state index in [1.165, 1.54) is 19.3 Å². The molecule has 0 aromatic heterocycles. The molecule has 0 aliphatic heterocycles. The molecule has 0 aromatic carbocycles. The molecule has 96 valence electrons. The second kappa shape index (κ2) is 11.4. The van der Waals surface area contributed by atoms with Crippen LogP contribution in [-0.2, 0) is 9.53 Å². The van der Waals surface area contributed by atoms with Crippen LogP contribution in [0.1, 0.15) is 45.4 Å². The predicted octanol–water partition coefficient (Wildman–Crippen LogP) is 2.87. The van der Waals surface area contributed by atoms with Crippen molar-refractivity contribution < 1.29 is 9.53 Å². The molecular weight excluding hydrogens is 270 g/mol. The third-order valence-electron chi connectivity index (χ3n) is 2.38. The fraction of sp³-hybridized carbons (Fsp3) is 0.917. The highest BCUT2D eigenvalue weighted by molar-refractivity contribution is 9.09. The Morgan fingerprint density at radius 2 is 2.00 bits per heavy atom. The van der Waals surface area contributed by atoms with Gasteiger partial charge >= 0.3 is 0 Å². The Hall–Kier alpha value is -0.0900. The molecule has 16 heavy (non-hydrogen) atoms. The van der Waals surface area contributed by atoms with E-state index >= 15 is 0 Å². The lowest BCUT2D eigenvalue weighted by Gasteiger charge is -2.09. The summed E-state index contributed by atoms with van der Waals surface area (Å²) in [7, 11) is 1.66. The molecule has 0 spiro atoms. The lowest BCUT2D eigenvalue weighted by molar-refractivity contribution is -0.121. The van der Waals surface area contributed by atoms with E-state index < -0.39 is 0 Å². The van der Waals surface area contributed by atoms with Gasteiger partial charge in [0.1, 0.15) is 0 Å². The van der Waals surface area contributed by atoms with E-state index in [9.17, 15) is 4.79 Å². The van der Waals surface area contributed by atoms with Crippen LogP contribution in [0.4, 0.5) is 0 Å². The van der Waals surface area contributed by atoms with Crippen molar-refractivity contribution in [2.24, 2.45) is 0 Å². The number of hydrogen-bond acceptors (Lipinski definition) is 2. The van der Waals surface area contributed by atoms with Gasteiger partial charge in [-0.2, -0.15) is 0 Å². The van der Waals surface area contributed by atoms with Crippen molar-refractivity contribution in [1.29, 1.82) is 0 Å². The number of carbonyl (C=O) groups excluding carboxylic acids is 1. The maximum Gasteiger partial charge on any atom is 0.220 e. The number of methoxy groups -OCH3 is 1. The topological polar surface area (TPSA) is 38.3 Å². The second-order valence-corrected chi connectivity index (χ2v) is 5.32. The summed E-state index contributed by atoms with van der Waals surface area (Å²) in [5.41, 5.74) is 0. The number of rotatable bonds is 10. The summed E-state index contributed by atoms with van der Waals surface area (Å²) < 4.78 is 4.96. The molecule has 0 saturated heterocycles. The molecule has 0 aliphatic carbocycles. The Morgan fingerprint density at radius 3 is 2.62 bits per heavy atom. The van der Waals surface area contributed by atoms with Crippen LogP contribution in [0, 0.1) is 0 Å². The van der Waals surface area contributed by atoms with Crippen molar-refractivity contribution in [1.82, 2.24) is 5.32 Å². The number of unbranched alkanes of at least 4 members (excludes halogenated alkanes) is 4. The Bertz CT molecular complexity index is 176. The minimum atomic E-state index is 0.150. The quantitative estimate of drug-likeness (QED) is 0.497. The Balaban J connectivity index is 3.30. The van der Waals surface area contributed by atoms with Gasteiger partial charge in [0.2, 0.25) is 5.91 Å². The number of ether oxygens (including phenoxy) is 1. The van der Waals surface area contributed by atoms with Gasteiger partial charge in [-0.15, -0.1) is 0 Å². The first-order valence-electron chi connectivity index (χ1n) is 6.10. The monoisotopic (exact) mass is 293 g/mol. The fourth-order valence-corrected chi connectivity index (χ4v) is 1.87. The molecule has 0 fully saturated rings. The summed E-state index contributed by atoms with van der Waals surface area (Å²) in [6, 6.07) is 0. The van der Waals surface area contributed by atoms with Crippen LogP contribution in [-0.4, -0.2) is 31.0 Å². The van der Waals surface area contributed by atoms with Crippen molar-refractivity contribution >= 4 is 21.8 Å². The van der Waals surface area contributed by atoms with Crippen LogP contribution in [0.15, 0.2) is 0 Å². The molecule has 0 rings (SSSR count). The normalized spacial score (nSPS) is 12.4.